The topological polar surface area (TPSA) is 47.6 Å². The van der Waals surface area contributed by atoms with Gasteiger partial charge in [0.2, 0.25) is 0 Å². The van der Waals surface area contributed by atoms with Gasteiger partial charge in [-0.15, -0.1) is 12.3 Å². The van der Waals surface area contributed by atoms with Crippen LogP contribution >= 0.6 is 0 Å². The summed E-state index contributed by atoms with van der Waals surface area (Å²) >= 11 is 0. The van der Waals surface area contributed by atoms with Crippen molar-refractivity contribution in [3.8, 4) is 24.5 Å². The molecule has 0 saturated carbocycles. The molecule has 10 heavy (non-hydrogen) atoms. The molecule has 0 aromatic carbocycles. The summed E-state index contributed by atoms with van der Waals surface area (Å²) in [5.74, 6) is 1.79. The molecule has 2 atom stereocenters. The van der Waals surface area contributed by atoms with Crippen molar-refractivity contribution in [3.05, 3.63) is 0 Å². The summed E-state index contributed by atoms with van der Waals surface area (Å²) in [7, 11) is 0. The molecule has 0 aliphatic rings. The van der Waals surface area contributed by atoms with Crippen LogP contribution in [0.1, 0.15) is 13.3 Å². The Bertz CT molecular complexity index is 211. The van der Waals surface area contributed by atoms with Crippen LogP contribution in [0.25, 0.3) is 0 Å². The Morgan fingerprint density at radius 3 is 2.30 bits per heavy atom. The van der Waals surface area contributed by atoms with Crippen molar-refractivity contribution in [2.75, 3.05) is 0 Å². The zero-order chi connectivity index (χ0) is 7.98. The Morgan fingerprint density at radius 2 is 2.00 bits per heavy atom. The fourth-order valence-electron chi connectivity index (χ4n) is 0.551. The third-order valence-corrected chi connectivity index (χ3v) is 1.31. The van der Waals surface area contributed by atoms with E-state index in [4.69, 9.17) is 16.9 Å². The van der Waals surface area contributed by atoms with Gasteiger partial charge in [0, 0.05) is 6.42 Å². The predicted octanol–water partition coefficient (Wildman–Crippen LogP) is 1.31. The molecule has 0 amide bonds. The first-order valence-electron chi connectivity index (χ1n) is 2.99. The van der Waals surface area contributed by atoms with Crippen molar-refractivity contribution in [1.29, 1.82) is 10.5 Å². The summed E-state index contributed by atoms with van der Waals surface area (Å²) in [6.45, 7) is 1.70. The smallest absolute Gasteiger partial charge is 0.0727 e. The first kappa shape index (κ1) is 8.54. The maximum Gasteiger partial charge on any atom is 0.0727 e. The van der Waals surface area contributed by atoms with E-state index in [0.717, 1.165) is 0 Å². The summed E-state index contributed by atoms with van der Waals surface area (Å²) in [4.78, 5) is 0. The highest BCUT2D eigenvalue weighted by Gasteiger charge is 2.13. The van der Waals surface area contributed by atoms with Gasteiger partial charge in [0.1, 0.15) is 0 Å². The molecule has 0 fully saturated rings. The van der Waals surface area contributed by atoms with E-state index < -0.39 is 0 Å². The van der Waals surface area contributed by atoms with E-state index in [0.29, 0.717) is 6.42 Å². The van der Waals surface area contributed by atoms with Crippen molar-refractivity contribution in [2.24, 2.45) is 11.8 Å². The zero-order valence-electron chi connectivity index (χ0n) is 5.83. The Kier molecular flexibility index (Phi) is 3.78. The normalized spacial score (nSPS) is 13.8. The van der Waals surface area contributed by atoms with Crippen LogP contribution in [0.15, 0.2) is 0 Å². The van der Waals surface area contributed by atoms with Gasteiger partial charge in [-0.1, -0.05) is 0 Å². The molecule has 0 saturated heterocycles. The van der Waals surface area contributed by atoms with Gasteiger partial charge in [-0.05, 0) is 6.92 Å². The van der Waals surface area contributed by atoms with E-state index in [1.807, 2.05) is 12.1 Å². The van der Waals surface area contributed by atoms with Gasteiger partial charge in [0.05, 0.1) is 24.0 Å². The van der Waals surface area contributed by atoms with Crippen molar-refractivity contribution in [3.63, 3.8) is 0 Å². The zero-order valence-corrected chi connectivity index (χ0v) is 5.83. The van der Waals surface area contributed by atoms with Gasteiger partial charge in [-0.25, -0.2) is 0 Å². The number of nitriles is 2. The lowest BCUT2D eigenvalue weighted by molar-refractivity contribution is 0.547. The lowest BCUT2D eigenvalue weighted by Gasteiger charge is -2.04. The third kappa shape index (κ3) is 2.21. The molecule has 0 aliphatic carbocycles. The molecule has 50 valence electrons. The largest absolute Gasteiger partial charge is 0.198 e. The molecule has 0 N–H and O–H groups in total. The molecule has 0 aromatic heterocycles. The average Bonchev–Trinajstić information content (AvgIpc) is 1.99. The van der Waals surface area contributed by atoms with Gasteiger partial charge >= 0.3 is 0 Å². The Balaban J connectivity index is 4.02. The quantitative estimate of drug-likeness (QED) is 0.532. The fourth-order valence-corrected chi connectivity index (χ4v) is 0.551. The summed E-state index contributed by atoms with van der Waals surface area (Å²) in [5.41, 5.74) is 0. The van der Waals surface area contributed by atoms with E-state index in [9.17, 15) is 0 Å². The second kappa shape index (κ2) is 4.42. The van der Waals surface area contributed by atoms with Gasteiger partial charge in [-0.2, -0.15) is 10.5 Å². The minimum Gasteiger partial charge on any atom is -0.198 e. The number of hydrogen-bond donors (Lipinski definition) is 0. The van der Waals surface area contributed by atoms with Gasteiger partial charge in [0.25, 0.3) is 0 Å². The molecule has 0 aliphatic heterocycles. The molecular formula is C8H8N2. The molecule has 0 aromatic rings. The standard InChI is InChI=1S/C8H8N2/c1-3-4-8(6-10)7(2)5-9/h1,7-8H,4H2,2H3. The molecule has 0 bridgehead atoms. The lowest BCUT2D eigenvalue weighted by Crippen LogP contribution is -2.05. The summed E-state index contributed by atoms with van der Waals surface area (Å²) in [5, 5.41) is 16.9. The second-order valence-corrected chi connectivity index (χ2v) is 2.06. The van der Waals surface area contributed by atoms with Crippen molar-refractivity contribution < 1.29 is 0 Å². The van der Waals surface area contributed by atoms with Crippen LogP contribution in [0, 0.1) is 46.8 Å². The monoisotopic (exact) mass is 132 g/mol. The number of rotatable bonds is 2. The van der Waals surface area contributed by atoms with Crippen molar-refractivity contribution >= 4 is 0 Å². The molecular weight excluding hydrogens is 124 g/mol. The number of terminal acetylenes is 1. The number of nitrogens with zero attached hydrogens (tertiary/aromatic N) is 2. The molecule has 0 radical (unpaired) electrons. The highest BCUT2D eigenvalue weighted by Crippen LogP contribution is 2.12. The van der Waals surface area contributed by atoms with Crippen LogP contribution in [0.2, 0.25) is 0 Å². The van der Waals surface area contributed by atoms with Crippen LogP contribution in [-0.4, -0.2) is 0 Å². The average molecular weight is 132 g/mol. The first-order valence-corrected chi connectivity index (χ1v) is 2.99. The van der Waals surface area contributed by atoms with Crippen LogP contribution in [0.4, 0.5) is 0 Å². The van der Waals surface area contributed by atoms with E-state index >= 15 is 0 Å². The van der Waals surface area contributed by atoms with E-state index in [-0.39, 0.29) is 11.8 Å². The molecule has 2 nitrogen and oxygen atoms in total. The van der Waals surface area contributed by atoms with Gasteiger partial charge in [-0.3, -0.25) is 0 Å². The third-order valence-electron chi connectivity index (χ3n) is 1.31. The Morgan fingerprint density at radius 1 is 1.40 bits per heavy atom. The minimum atomic E-state index is -0.310. The SMILES string of the molecule is C#CCC(C#N)C(C)C#N. The predicted molar refractivity (Wildman–Crippen MR) is 37.3 cm³/mol. The maximum atomic E-state index is 8.46. The molecule has 0 heterocycles. The van der Waals surface area contributed by atoms with Gasteiger partial charge in [0.15, 0.2) is 0 Å². The van der Waals surface area contributed by atoms with Crippen molar-refractivity contribution in [1.82, 2.24) is 0 Å². The highest BCUT2D eigenvalue weighted by molar-refractivity contribution is 5.02. The lowest BCUT2D eigenvalue weighted by atomic mass is 9.94. The summed E-state index contributed by atoms with van der Waals surface area (Å²) < 4.78 is 0. The maximum absolute atomic E-state index is 8.46. The van der Waals surface area contributed by atoms with Crippen LogP contribution in [0.3, 0.4) is 0 Å². The molecule has 0 spiro atoms. The molecule has 2 heteroatoms. The van der Waals surface area contributed by atoms with E-state index in [1.165, 1.54) is 0 Å². The summed E-state index contributed by atoms with van der Waals surface area (Å²) in [6.07, 6.45) is 5.35. The van der Waals surface area contributed by atoms with Crippen LogP contribution in [0.5, 0.6) is 0 Å². The second-order valence-electron chi connectivity index (χ2n) is 2.06. The first-order chi connectivity index (χ1) is 4.76. The Hall–Kier alpha value is -1.46. The molecule has 2 unspecified atom stereocenters. The Labute approximate surface area is 61.1 Å². The number of hydrogen-bond acceptors (Lipinski definition) is 2. The van der Waals surface area contributed by atoms with Crippen molar-refractivity contribution in [2.45, 2.75) is 13.3 Å². The van der Waals surface area contributed by atoms with Gasteiger partial charge < -0.3 is 0 Å². The summed E-state index contributed by atoms with van der Waals surface area (Å²) in [6, 6.07) is 3.97. The minimum absolute atomic E-state index is 0.263. The fraction of sp³-hybridized carbons (Fsp3) is 0.500. The van der Waals surface area contributed by atoms with E-state index in [1.54, 1.807) is 6.92 Å². The van der Waals surface area contributed by atoms with Crippen LogP contribution in [-0.2, 0) is 0 Å². The molecule has 0 rings (SSSR count). The highest BCUT2D eigenvalue weighted by atomic mass is 14.3. The van der Waals surface area contributed by atoms with Crippen LogP contribution < -0.4 is 0 Å². The van der Waals surface area contributed by atoms with E-state index in [2.05, 4.69) is 5.92 Å².